The summed E-state index contributed by atoms with van der Waals surface area (Å²) in [6.07, 6.45) is 0.0774. The number of hydrogen-bond acceptors (Lipinski definition) is 7. The van der Waals surface area contributed by atoms with Crippen LogP contribution >= 0.6 is 0 Å². The first-order valence-electron chi connectivity index (χ1n) is 12.7. The highest BCUT2D eigenvalue weighted by Crippen LogP contribution is 2.31. The van der Waals surface area contributed by atoms with E-state index in [-0.39, 0.29) is 12.0 Å². The molecule has 0 spiro atoms. The molecule has 1 aliphatic rings. The van der Waals surface area contributed by atoms with Crippen LogP contribution in [0, 0.1) is 0 Å². The molecule has 198 valence electrons. The molecule has 1 aliphatic heterocycles. The van der Waals surface area contributed by atoms with Crippen LogP contribution in [0.25, 0.3) is 0 Å². The minimum Gasteiger partial charge on any atom is -0.497 e. The van der Waals surface area contributed by atoms with Crippen LogP contribution in [-0.4, -0.2) is 57.8 Å². The molecule has 7 nitrogen and oxygen atoms in total. The topological polar surface area (TPSA) is 78.4 Å². The van der Waals surface area contributed by atoms with Crippen molar-refractivity contribution in [3.63, 3.8) is 0 Å². The van der Waals surface area contributed by atoms with Crippen molar-refractivity contribution in [1.29, 1.82) is 0 Å². The van der Waals surface area contributed by atoms with E-state index in [4.69, 9.17) is 23.7 Å². The zero-order valence-corrected chi connectivity index (χ0v) is 21.6. The van der Waals surface area contributed by atoms with E-state index < -0.39 is 6.10 Å². The van der Waals surface area contributed by atoms with Crippen LogP contribution in [0.2, 0.25) is 0 Å². The normalized spacial score (nSPS) is 19.4. The summed E-state index contributed by atoms with van der Waals surface area (Å²) in [5.74, 6) is 2.09. The molecule has 0 amide bonds. The number of β-amino-alcohol motifs (C(OH)–C–C–N with tert-alkyl or cyclic N) is 1. The minimum absolute atomic E-state index is 0.144. The van der Waals surface area contributed by atoms with Gasteiger partial charge in [-0.3, -0.25) is 0 Å². The first kappa shape index (κ1) is 26.9. The highest BCUT2D eigenvalue weighted by atomic mass is 16.5. The van der Waals surface area contributed by atoms with Gasteiger partial charge in [-0.1, -0.05) is 42.5 Å². The maximum absolute atomic E-state index is 10.8. The quantitative estimate of drug-likeness (QED) is 0.334. The number of aliphatic hydroxyl groups is 1. The van der Waals surface area contributed by atoms with Crippen molar-refractivity contribution in [2.45, 2.75) is 37.8 Å². The molecule has 4 rings (SSSR count). The molecule has 3 aromatic carbocycles. The summed E-state index contributed by atoms with van der Waals surface area (Å²) in [4.78, 5) is 0. The molecular formula is C30H37NO6. The Hall–Kier alpha value is -3.10. The number of ether oxygens (including phenoxy) is 5. The number of hydrogen-bond donors (Lipinski definition) is 2. The maximum Gasteiger partial charge on any atom is 0.122 e. The molecule has 0 aliphatic carbocycles. The van der Waals surface area contributed by atoms with Gasteiger partial charge < -0.3 is 34.1 Å². The second-order valence-electron chi connectivity index (χ2n) is 9.13. The molecule has 0 radical (unpaired) electrons. The summed E-state index contributed by atoms with van der Waals surface area (Å²) in [6, 6.07) is 23.8. The Morgan fingerprint density at radius 3 is 2.22 bits per heavy atom. The van der Waals surface area contributed by atoms with Gasteiger partial charge in [-0.2, -0.15) is 0 Å². The van der Waals surface area contributed by atoms with E-state index in [0.29, 0.717) is 39.5 Å². The van der Waals surface area contributed by atoms with E-state index in [1.807, 2.05) is 60.7 Å². The lowest BCUT2D eigenvalue weighted by Gasteiger charge is -2.36. The van der Waals surface area contributed by atoms with Gasteiger partial charge in [0.1, 0.15) is 17.2 Å². The van der Waals surface area contributed by atoms with Crippen LogP contribution in [0.3, 0.4) is 0 Å². The lowest BCUT2D eigenvalue weighted by Crippen LogP contribution is -2.49. The average Bonchev–Trinajstić information content (AvgIpc) is 2.94. The summed E-state index contributed by atoms with van der Waals surface area (Å²) in [5.41, 5.74) is 3.15. The minimum atomic E-state index is -0.549. The molecule has 2 N–H and O–H groups in total. The predicted molar refractivity (Wildman–Crippen MR) is 142 cm³/mol. The van der Waals surface area contributed by atoms with E-state index >= 15 is 0 Å². The Balaban J connectivity index is 1.28. The van der Waals surface area contributed by atoms with Gasteiger partial charge in [0.2, 0.25) is 0 Å². The Morgan fingerprint density at radius 2 is 1.51 bits per heavy atom. The zero-order chi connectivity index (χ0) is 25.9. The molecule has 0 aromatic heterocycles. The molecule has 37 heavy (non-hydrogen) atoms. The lowest BCUT2D eigenvalue weighted by atomic mass is 9.85. The van der Waals surface area contributed by atoms with Crippen LogP contribution in [0.15, 0.2) is 72.8 Å². The van der Waals surface area contributed by atoms with Gasteiger partial charge in [-0.05, 0) is 41.0 Å². The molecular weight excluding hydrogens is 470 g/mol. The molecule has 7 heteroatoms. The number of aliphatic hydroxyl groups excluding tert-OH is 1. The van der Waals surface area contributed by atoms with Crippen molar-refractivity contribution in [3.05, 3.63) is 89.5 Å². The van der Waals surface area contributed by atoms with Crippen molar-refractivity contribution >= 4 is 0 Å². The molecule has 1 saturated heterocycles. The van der Waals surface area contributed by atoms with Gasteiger partial charge >= 0.3 is 0 Å². The lowest BCUT2D eigenvalue weighted by molar-refractivity contribution is -0.0329. The van der Waals surface area contributed by atoms with Gasteiger partial charge in [-0.15, -0.1) is 0 Å². The van der Waals surface area contributed by atoms with Crippen molar-refractivity contribution in [1.82, 2.24) is 5.32 Å². The van der Waals surface area contributed by atoms with Crippen LogP contribution in [0.1, 0.15) is 29.0 Å². The molecule has 1 heterocycles. The number of rotatable bonds is 13. The van der Waals surface area contributed by atoms with Crippen molar-refractivity contribution < 1.29 is 28.8 Å². The summed E-state index contributed by atoms with van der Waals surface area (Å²) in [6.45, 7) is 3.41. The first-order chi connectivity index (χ1) is 18.2. The van der Waals surface area contributed by atoms with E-state index in [1.165, 1.54) is 5.56 Å². The van der Waals surface area contributed by atoms with Crippen LogP contribution in [0.4, 0.5) is 0 Å². The smallest absolute Gasteiger partial charge is 0.122 e. The Bertz CT molecular complexity index is 1050. The second kappa shape index (κ2) is 14.0. The van der Waals surface area contributed by atoms with Crippen LogP contribution in [0.5, 0.6) is 17.2 Å². The third-order valence-corrected chi connectivity index (χ3v) is 6.47. The predicted octanol–water partition coefficient (Wildman–Crippen LogP) is 4.32. The molecule has 0 saturated carbocycles. The third-order valence-electron chi connectivity index (χ3n) is 6.47. The molecule has 0 bridgehead atoms. The number of piperidine rings is 1. The van der Waals surface area contributed by atoms with Crippen LogP contribution < -0.4 is 19.5 Å². The van der Waals surface area contributed by atoms with Gasteiger partial charge in [0.05, 0.1) is 52.9 Å². The third kappa shape index (κ3) is 7.94. The van der Waals surface area contributed by atoms with Crippen molar-refractivity contribution in [2.24, 2.45) is 0 Å². The highest BCUT2D eigenvalue weighted by molar-refractivity contribution is 5.38. The van der Waals surface area contributed by atoms with Crippen LogP contribution in [-0.2, 0) is 22.7 Å². The zero-order valence-electron chi connectivity index (χ0n) is 21.6. The number of methoxy groups -OCH3 is 2. The standard InChI is InChI=1S/C30H37NO6/c1-33-26-15-23(16-27(17-26)34-2)21-37-29-19-31-18-28(32)30(29)24-9-11-25(12-10-24)36-14-6-13-35-20-22-7-4-3-5-8-22/h3-5,7-12,15-17,28-32H,6,13-14,18-21H2,1-2H3. The molecule has 3 unspecified atom stereocenters. The maximum atomic E-state index is 10.8. The number of benzene rings is 3. The van der Waals surface area contributed by atoms with Gasteiger partial charge in [0.25, 0.3) is 0 Å². The second-order valence-corrected chi connectivity index (χ2v) is 9.13. The Labute approximate surface area is 219 Å². The monoisotopic (exact) mass is 507 g/mol. The van der Waals surface area contributed by atoms with Crippen molar-refractivity contribution in [2.75, 3.05) is 40.5 Å². The van der Waals surface area contributed by atoms with Gasteiger partial charge in [-0.25, -0.2) is 0 Å². The summed E-state index contributed by atoms with van der Waals surface area (Å²) < 4.78 is 28.6. The van der Waals surface area contributed by atoms with Gasteiger partial charge in [0.15, 0.2) is 0 Å². The SMILES string of the molecule is COc1cc(COC2CNCC(O)C2c2ccc(OCCCOCc3ccccc3)cc2)cc(OC)c1. The fraction of sp³-hybridized carbons (Fsp3) is 0.400. The fourth-order valence-electron chi connectivity index (χ4n) is 4.53. The molecule has 1 fully saturated rings. The van der Waals surface area contributed by atoms with E-state index in [9.17, 15) is 5.11 Å². The molecule has 3 atom stereocenters. The Morgan fingerprint density at radius 1 is 0.784 bits per heavy atom. The first-order valence-corrected chi connectivity index (χ1v) is 12.7. The van der Waals surface area contributed by atoms with Crippen molar-refractivity contribution in [3.8, 4) is 17.2 Å². The summed E-state index contributed by atoms with van der Waals surface area (Å²) in [7, 11) is 3.26. The number of nitrogens with one attached hydrogen (secondary N) is 1. The summed E-state index contributed by atoms with van der Waals surface area (Å²) in [5, 5.41) is 14.1. The highest BCUT2D eigenvalue weighted by Gasteiger charge is 2.34. The van der Waals surface area contributed by atoms with E-state index in [1.54, 1.807) is 14.2 Å². The van der Waals surface area contributed by atoms with E-state index in [2.05, 4.69) is 17.4 Å². The largest absolute Gasteiger partial charge is 0.497 e. The Kier molecular flexibility index (Phi) is 10.2. The average molecular weight is 508 g/mol. The van der Waals surface area contributed by atoms with E-state index in [0.717, 1.165) is 34.8 Å². The van der Waals surface area contributed by atoms with Gasteiger partial charge in [0, 0.05) is 31.5 Å². The molecule has 3 aromatic rings. The fourth-order valence-corrected chi connectivity index (χ4v) is 4.53. The summed E-state index contributed by atoms with van der Waals surface area (Å²) >= 11 is 0.